The minimum Gasteiger partial charge on any atom is -0.494 e. The van der Waals surface area contributed by atoms with Gasteiger partial charge in [-0.2, -0.15) is 5.26 Å². The highest BCUT2D eigenvalue weighted by Gasteiger charge is 2.13. The highest BCUT2D eigenvalue weighted by Crippen LogP contribution is 2.23. The lowest BCUT2D eigenvalue weighted by atomic mass is 10.0. The van der Waals surface area contributed by atoms with Gasteiger partial charge in [-0.25, -0.2) is 0 Å². The summed E-state index contributed by atoms with van der Waals surface area (Å²) in [6, 6.07) is 14.9. The maximum atomic E-state index is 12.8. The molecular weight excluding hydrogens is 476 g/mol. The maximum absolute atomic E-state index is 12.8. The first kappa shape index (κ1) is 29.0. The first-order valence-electron chi connectivity index (χ1n) is 14.1. The van der Waals surface area contributed by atoms with Gasteiger partial charge in [0.25, 0.3) is 5.91 Å². The molecule has 0 aliphatic heterocycles. The number of carbonyl (C=O) groups excluding carboxylic acids is 1. The zero-order valence-corrected chi connectivity index (χ0v) is 22.6. The summed E-state index contributed by atoms with van der Waals surface area (Å²) in [4.78, 5) is 25.0. The molecule has 38 heavy (non-hydrogen) atoms. The van der Waals surface area contributed by atoms with E-state index in [1.165, 1.54) is 77.0 Å². The van der Waals surface area contributed by atoms with Crippen molar-refractivity contribution in [1.82, 2.24) is 0 Å². The second-order valence-corrected chi connectivity index (χ2v) is 9.84. The third kappa shape index (κ3) is 9.37. The van der Waals surface area contributed by atoms with Crippen LogP contribution in [-0.4, -0.2) is 12.5 Å². The van der Waals surface area contributed by atoms with Crippen LogP contribution < -0.4 is 15.5 Å². The lowest BCUT2D eigenvalue weighted by molar-refractivity contribution is 0.102. The summed E-state index contributed by atoms with van der Waals surface area (Å²) in [5.41, 5.74) is 0.644. The van der Waals surface area contributed by atoms with E-state index in [4.69, 9.17) is 14.4 Å². The number of nitriles is 1. The molecule has 0 atom stereocenters. The van der Waals surface area contributed by atoms with Crippen molar-refractivity contribution >= 4 is 22.6 Å². The number of ether oxygens (including phenoxy) is 1. The highest BCUT2D eigenvalue weighted by atomic mass is 16.5. The molecule has 6 nitrogen and oxygen atoms in total. The van der Waals surface area contributed by atoms with E-state index in [0.29, 0.717) is 23.2 Å². The Labute approximate surface area is 226 Å². The molecule has 0 saturated heterocycles. The molecular formula is C32H40N2O4. The predicted molar refractivity (Wildman–Crippen MR) is 153 cm³/mol. The van der Waals surface area contributed by atoms with Crippen molar-refractivity contribution in [3.8, 4) is 11.8 Å². The Morgan fingerprint density at radius 2 is 1.47 bits per heavy atom. The zero-order valence-electron chi connectivity index (χ0n) is 22.6. The van der Waals surface area contributed by atoms with E-state index >= 15 is 0 Å². The Balaban J connectivity index is 1.33. The summed E-state index contributed by atoms with van der Waals surface area (Å²) < 4.78 is 11.3. The lowest BCUT2D eigenvalue weighted by Crippen LogP contribution is -2.13. The van der Waals surface area contributed by atoms with Crippen molar-refractivity contribution < 1.29 is 13.9 Å². The Bertz CT molecular complexity index is 1240. The number of nitrogens with zero attached hydrogens (tertiary/aromatic N) is 1. The van der Waals surface area contributed by atoms with Crippen LogP contribution in [0.2, 0.25) is 0 Å². The smallest absolute Gasteiger partial charge is 0.255 e. The number of benzene rings is 2. The third-order valence-electron chi connectivity index (χ3n) is 6.75. The Kier molecular flexibility index (Phi) is 12.4. The number of unbranched alkanes of at least 4 members (excludes halogenated alkanes) is 12. The van der Waals surface area contributed by atoms with Gasteiger partial charge in [0.2, 0.25) is 5.76 Å². The SMILES string of the molecule is CCCCCCCCCCCCCCCOc1ccc(C(=O)Nc2cccc3c(=O)cc(C#N)oc23)cc1. The zero-order chi connectivity index (χ0) is 27.0. The van der Waals surface area contributed by atoms with E-state index in [1.54, 1.807) is 42.5 Å². The van der Waals surface area contributed by atoms with E-state index in [1.807, 2.05) is 6.07 Å². The van der Waals surface area contributed by atoms with Gasteiger partial charge in [-0.3, -0.25) is 9.59 Å². The molecule has 2 aromatic carbocycles. The van der Waals surface area contributed by atoms with E-state index in [2.05, 4.69) is 12.2 Å². The molecule has 0 bridgehead atoms. The van der Waals surface area contributed by atoms with Crippen LogP contribution in [0, 0.1) is 11.3 Å². The van der Waals surface area contributed by atoms with Gasteiger partial charge in [0.1, 0.15) is 11.8 Å². The molecule has 3 aromatic rings. The van der Waals surface area contributed by atoms with Crippen LogP contribution in [0.4, 0.5) is 5.69 Å². The molecule has 0 saturated carbocycles. The van der Waals surface area contributed by atoms with E-state index in [0.717, 1.165) is 18.2 Å². The standard InChI is InChI=1S/C32H40N2O4/c1-2-3-4-5-6-7-8-9-10-11-12-13-14-22-37-26-20-18-25(19-21-26)32(36)34-29-17-15-16-28-30(35)23-27(24-33)38-31(28)29/h15-21,23H,2-14,22H2,1H3,(H,34,36). The predicted octanol–water partition coefficient (Wildman–Crippen LogP) is 8.39. The fourth-order valence-corrected chi connectivity index (χ4v) is 4.54. The Hall–Kier alpha value is -3.59. The van der Waals surface area contributed by atoms with Crippen LogP contribution in [0.15, 0.2) is 57.7 Å². The number of para-hydroxylation sites is 1. The monoisotopic (exact) mass is 516 g/mol. The van der Waals surface area contributed by atoms with E-state index in [9.17, 15) is 9.59 Å². The van der Waals surface area contributed by atoms with E-state index in [-0.39, 0.29) is 22.7 Å². The number of fused-ring (bicyclic) bond motifs is 1. The fourth-order valence-electron chi connectivity index (χ4n) is 4.54. The number of anilines is 1. The molecule has 0 unspecified atom stereocenters. The number of nitrogens with one attached hydrogen (secondary N) is 1. The molecule has 6 heteroatoms. The molecule has 1 heterocycles. The largest absolute Gasteiger partial charge is 0.494 e. The highest BCUT2D eigenvalue weighted by molar-refractivity contribution is 6.07. The van der Waals surface area contributed by atoms with Crippen LogP contribution in [0.1, 0.15) is 107 Å². The fraction of sp³-hybridized carbons (Fsp3) is 0.469. The topological polar surface area (TPSA) is 92.3 Å². The van der Waals surface area contributed by atoms with Gasteiger partial charge < -0.3 is 14.5 Å². The quantitative estimate of drug-likeness (QED) is 0.182. The summed E-state index contributed by atoms with van der Waals surface area (Å²) in [5.74, 6) is 0.287. The second kappa shape index (κ2) is 16.3. The van der Waals surface area contributed by atoms with Crippen molar-refractivity contribution in [1.29, 1.82) is 5.26 Å². The van der Waals surface area contributed by atoms with Crippen LogP contribution in [0.5, 0.6) is 5.75 Å². The number of carbonyl (C=O) groups is 1. The third-order valence-corrected chi connectivity index (χ3v) is 6.75. The molecule has 0 spiro atoms. The van der Waals surface area contributed by atoms with Crippen LogP contribution in [-0.2, 0) is 0 Å². The van der Waals surface area contributed by atoms with Gasteiger partial charge in [-0.05, 0) is 42.8 Å². The Morgan fingerprint density at radius 1 is 0.868 bits per heavy atom. The first-order chi connectivity index (χ1) is 18.6. The first-order valence-corrected chi connectivity index (χ1v) is 14.1. The molecule has 0 radical (unpaired) electrons. The van der Waals surface area contributed by atoms with Gasteiger partial charge in [0.05, 0.1) is 17.7 Å². The molecule has 1 N–H and O–H groups in total. The van der Waals surface area contributed by atoms with E-state index < -0.39 is 0 Å². The van der Waals surface area contributed by atoms with Crippen molar-refractivity contribution in [3.05, 3.63) is 70.1 Å². The van der Waals surface area contributed by atoms with Crippen LogP contribution in [0.25, 0.3) is 11.0 Å². The molecule has 1 amide bonds. The van der Waals surface area contributed by atoms with Gasteiger partial charge in [-0.1, -0.05) is 90.0 Å². The van der Waals surface area contributed by atoms with Crippen molar-refractivity contribution in [3.63, 3.8) is 0 Å². The average molecular weight is 517 g/mol. The molecule has 202 valence electrons. The molecule has 0 aliphatic carbocycles. The molecule has 3 rings (SSSR count). The summed E-state index contributed by atoms with van der Waals surface area (Å²) in [5, 5.41) is 12.2. The minimum absolute atomic E-state index is 0.103. The lowest BCUT2D eigenvalue weighted by Gasteiger charge is -2.09. The van der Waals surface area contributed by atoms with Gasteiger partial charge in [0, 0.05) is 11.6 Å². The normalized spacial score (nSPS) is 10.8. The van der Waals surface area contributed by atoms with Gasteiger partial charge in [-0.15, -0.1) is 0 Å². The second-order valence-electron chi connectivity index (χ2n) is 9.84. The average Bonchev–Trinajstić information content (AvgIpc) is 2.93. The number of hydrogen-bond donors (Lipinski definition) is 1. The van der Waals surface area contributed by atoms with Crippen LogP contribution >= 0.6 is 0 Å². The number of hydrogen-bond acceptors (Lipinski definition) is 5. The van der Waals surface area contributed by atoms with Crippen molar-refractivity contribution in [2.24, 2.45) is 0 Å². The summed E-state index contributed by atoms with van der Waals surface area (Å²) >= 11 is 0. The van der Waals surface area contributed by atoms with Crippen molar-refractivity contribution in [2.45, 2.75) is 90.4 Å². The summed E-state index contributed by atoms with van der Waals surface area (Å²) in [6.07, 6.45) is 17.1. The molecule has 1 aromatic heterocycles. The number of rotatable bonds is 17. The summed E-state index contributed by atoms with van der Waals surface area (Å²) in [6.45, 7) is 2.93. The minimum atomic E-state index is -0.342. The van der Waals surface area contributed by atoms with Gasteiger partial charge >= 0.3 is 0 Å². The molecule has 0 aliphatic rings. The Morgan fingerprint density at radius 3 is 2.08 bits per heavy atom. The molecule has 0 fully saturated rings. The maximum Gasteiger partial charge on any atom is 0.255 e. The van der Waals surface area contributed by atoms with Crippen molar-refractivity contribution in [2.75, 3.05) is 11.9 Å². The van der Waals surface area contributed by atoms with Crippen LogP contribution in [0.3, 0.4) is 0 Å². The van der Waals surface area contributed by atoms with Gasteiger partial charge in [0.15, 0.2) is 11.0 Å². The summed E-state index contributed by atoms with van der Waals surface area (Å²) in [7, 11) is 0. The number of amides is 1.